The van der Waals surface area contributed by atoms with Crippen molar-refractivity contribution in [3.63, 3.8) is 0 Å². The van der Waals surface area contributed by atoms with Crippen molar-refractivity contribution in [3.8, 4) is 0 Å². The second-order valence-electron chi connectivity index (χ2n) is 4.65. The van der Waals surface area contributed by atoms with Crippen LogP contribution >= 0.6 is 0 Å². The summed E-state index contributed by atoms with van der Waals surface area (Å²) in [6.07, 6.45) is 1.72. The minimum atomic E-state index is -3.52. The summed E-state index contributed by atoms with van der Waals surface area (Å²) < 4.78 is 26.3. The molecular formula is C13H18NO3S. The lowest BCUT2D eigenvalue weighted by Gasteiger charge is -2.29. The Morgan fingerprint density at radius 2 is 1.44 bits per heavy atom. The van der Waals surface area contributed by atoms with Gasteiger partial charge in [0.25, 0.3) is 0 Å². The van der Waals surface area contributed by atoms with Crippen LogP contribution in [-0.4, -0.2) is 31.1 Å². The number of carbonyl (C=O) groups excluding carboxylic acids is 1. The van der Waals surface area contributed by atoms with Gasteiger partial charge in [-0.05, 0) is 52.0 Å². The van der Waals surface area contributed by atoms with Crippen molar-refractivity contribution in [3.05, 3.63) is 29.8 Å². The fourth-order valence-corrected chi connectivity index (χ4v) is 3.80. The molecule has 0 aliphatic rings. The molecule has 0 aromatic heterocycles. The molecule has 1 rings (SSSR count). The van der Waals surface area contributed by atoms with Crippen LogP contribution in [0.1, 0.15) is 33.3 Å². The highest BCUT2D eigenvalue weighted by Gasteiger charge is 2.29. The first-order valence-corrected chi connectivity index (χ1v) is 7.26. The minimum absolute atomic E-state index is 0.118. The fraction of sp³-hybridized carbons (Fsp3) is 0.462. The van der Waals surface area contributed by atoms with Gasteiger partial charge in [-0.15, -0.1) is 0 Å². The van der Waals surface area contributed by atoms with Crippen LogP contribution in [0, 0.1) is 0 Å². The number of benzene rings is 1. The first-order chi connectivity index (χ1) is 8.30. The molecule has 0 spiro atoms. The SMILES string of the molecule is CC(C)N(C(C)C)S(=O)(=O)c1ccc([C]=O)cc1. The van der Waals surface area contributed by atoms with Crippen LogP contribution in [0.5, 0.6) is 0 Å². The molecule has 1 aromatic carbocycles. The fourth-order valence-electron chi connectivity index (χ4n) is 1.97. The van der Waals surface area contributed by atoms with Gasteiger partial charge >= 0.3 is 0 Å². The van der Waals surface area contributed by atoms with Crippen molar-refractivity contribution in [2.75, 3.05) is 0 Å². The normalized spacial score (nSPS) is 12.4. The predicted molar refractivity (Wildman–Crippen MR) is 70.5 cm³/mol. The molecule has 0 unspecified atom stereocenters. The van der Waals surface area contributed by atoms with E-state index < -0.39 is 10.0 Å². The Hall–Kier alpha value is -1.20. The molecule has 0 saturated heterocycles. The molecule has 4 nitrogen and oxygen atoms in total. The minimum Gasteiger partial charge on any atom is -0.285 e. The smallest absolute Gasteiger partial charge is 0.243 e. The second kappa shape index (κ2) is 5.63. The number of nitrogens with zero attached hydrogens (tertiary/aromatic N) is 1. The number of hydrogen-bond donors (Lipinski definition) is 0. The number of hydrogen-bond acceptors (Lipinski definition) is 3. The maximum Gasteiger partial charge on any atom is 0.243 e. The van der Waals surface area contributed by atoms with E-state index in [1.165, 1.54) is 28.6 Å². The van der Waals surface area contributed by atoms with E-state index in [4.69, 9.17) is 0 Å². The highest BCUT2D eigenvalue weighted by Crippen LogP contribution is 2.21. The highest BCUT2D eigenvalue weighted by atomic mass is 32.2. The Bertz CT molecular complexity index is 496. The van der Waals surface area contributed by atoms with Crippen molar-refractivity contribution >= 4 is 16.3 Å². The molecule has 0 aliphatic heterocycles. The lowest BCUT2D eigenvalue weighted by atomic mass is 10.2. The van der Waals surface area contributed by atoms with E-state index >= 15 is 0 Å². The van der Waals surface area contributed by atoms with E-state index in [0.29, 0.717) is 5.56 Å². The van der Waals surface area contributed by atoms with E-state index in [1.54, 1.807) is 6.29 Å². The van der Waals surface area contributed by atoms with Crippen LogP contribution in [0.25, 0.3) is 0 Å². The van der Waals surface area contributed by atoms with Crippen molar-refractivity contribution in [1.82, 2.24) is 4.31 Å². The molecule has 0 fully saturated rings. The molecule has 1 aromatic rings. The molecule has 18 heavy (non-hydrogen) atoms. The average Bonchev–Trinajstić information content (AvgIpc) is 2.27. The summed E-state index contributed by atoms with van der Waals surface area (Å²) >= 11 is 0. The predicted octanol–water partition coefficient (Wildman–Crippen LogP) is 1.95. The molecule has 0 amide bonds. The van der Waals surface area contributed by atoms with Gasteiger partial charge in [0.05, 0.1) is 4.90 Å². The Labute approximate surface area is 109 Å². The van der Waals surface area contributed by atoms with Gasteiger partial charge in [0.15, 0.2) is 0 Å². The zero-order valence-electron chi connectivity index (χ0n) is 11.0. The van der Waals surface area contributed by atoms with Crippen LogP contribution in [-0.2, 0) is 14.8 Å². The largest absolute Gasteiger partial charge is 0.285 e. The van der Waals surface area contributed by atoms with E-state index in [9.17, 15) is 13.2 Å². The molecule has 0 N–H and O–H groups in total. The van der Waals surface area contributed by atoms with Crippen LogP contribution in [0.4, 0.5) is 0 Å². The third kappa shape index (κ3) is 2.97. The number of rotatable bonds is 5. The molecular weight excluding hydrogens is 250 g/mol. The summed E-state index contributed by atoms with van der Waals surface area (Å²) in [5.41, 5.74) is 0.342. The zero-order chi connectivity index (χ0) is 13.9. The maximum absolute atomic E-state index is 12.4. The van der Waals surface area contributed by atoms with Crippen LogP contribution < -0.4 is 0 Å². The number of sulfonamides is 1. The molecule has 0 atom stereocenters. The molecule has 0 bridgehead atoms. The molecule has 99 valence electrons. The van der Waals surface area contributed by atoms with Gasteiger partial charge in [-0.2, -0.15) is 4.31 Å². The lowest BCUT2D eigenvalue weighted by Crippen LogP contribution is -2.41. The summed E-state index contributed by atoms with van der Waals surface area (Å²) in [6.45, 7) is 7.35. The Kier molecular flexibility index (Phi) is 4.65. The van der Waals surface area contributed by atoms with E-state index in [1.807, 2.05) is 27.7 Å². The molecule has 0 aliphatic carbocycles. The summed E-state index contributed by atoms with van der Waals surface area (Å²) in [4.78, 5) is 10.6. The first-order valence-electron chi connectivity index (χ1n) is 5.82. The topological polar surface area (TPSA) is 54.5 Å². The van der Waals surface area contributed by atoms with E-state index in [0.717, 1.165) is 0 Å². The monoisotopic (exact) mass is 268 g/mol. The third-order valence-electron chi connectivity index (χ3n) is 2.57. The standard InChI is InChI=1S/C13H18NO3S/c1-10(2)14(11(3)4)18(16,17)13-7-5-12(9-15)6-8-13/h5-8,10-11H,1-4H3. The van der Waals surface area contributed by atoms with Crippen molar-refractivity contribution in [1.29, 1.82) is 0 Å². The van der Waals surface area contributed by atoms with Gasteiger partial charge in [-0.1, -0.05) is 0 Å². The molecule has 5 heteroatoms. The van der Waals surface area contributed by atoms with Gasteiger partial charge in [0.2, 0.25) is 16.3 Å². The average molecular weight is 268 g/mol. The van der Waals surface area contributed by atoms with Gasteiger partial charge < -0.3 is 0 Å². The van der Waals surface area contributed by atoms with Gasteiger partial charge in [-0.25, -0.2) is 8.42 Å². The van der Waals surface area contributed by atoms with Gasteiger partial charge in [-0.3, -0.25) is 4.79 Å². The maximum atomic E-state index is 12.4. The summed E-state index contributed by atoms with van der Waals surface area (Å²) in [5, 5.41) is 0. The lowest BCUT2D eigenvalue weighted by molar-refractivity contribution is 0.302. The molecule has 1 radical (unpaired) electrons. The Morgan fingerprint density at radius 1 is 1.00 bits per heavy atom. The summed E-state index contributed by atoms with van der Waals surface area (Å²) in [6, 6.07) is 5.55. The third-order valence-corrected chi connectivity index (χ3v) is 4.83. The molecule has 0 saturated carbocycles. The quantitative estimate of drug-likeness (QED) is 0.820. The van der Waals surface area contributed by atoms with Crippen molar-refractivity contribution in [2.45, 2.75) is 44.7 Å². The highest BCUT2D eigenvalue weighted by molar-refractivity contribution is 7.89. The van der Waals surface area contributed by atoms with Crippen LogP contribution in [0.2, 0.25) is 0 Å². The van der Waals surface area contributed by atoms with Crippen LogP contribution in [0.15, 0.2) is 29.2 Å². The van der Waals surface area contributed by atoms with Crippen LogP contribution in [0.3, 0.4) is 0 Å². The summed E-state index contributed by atoms with van der Waals surface area (Å²) in [5.74, 6) is 0. The van der Waals surface area contributed by atoms with Gasteiger partial charge in [0, 0.05) is 17.6 Å². The molecule has 0 heterocycles. The Balaban J connectivity index is 3.22. The summed E-state index contributed by atoms with van der Waals surface area (Å²) in [7, 11) is -3.52. The Morgan fingerprint density at radius 3 is 1.78 bits per heavy atom. The second-order valence-corrected chi connectivity index (χ2v) is 6.49. The van der Waals surface area contributed by atoms with E-state index in [2.05, 4.69) is 0 Å². The van der Waals surface area contributed by atoms with Crippen molar-refractivity contribution < 1.29 is 13.2 Å². The first kappa shape index (κ1) is 14.9. The van der Waals surface area contributed by atoms with Crippen molar-refractivity contribution in [2.24, 2.45) is 0 Å². The zero-order valence-corrected chi connectivity index (χ0v) is 11.9. The van der Waals surface area contributed by atoms with E-state index in [-0.39, 0.29) is 17.0 Å². The van der Waals surface area contributed by atoms with Gasteiger partial charge in [0.1, 0.15) is 0 Å².